The van der Waals surface area contributed by atoms with Gasteiger partial charge in [-0.25, -0.2) is 0 Å². The van der Waals surface area contributed by atoms with E-state index in [0.717, 1.165) is 25.9 Å². The third-order valence-corrected chi connectivity index (χ3v) is 3.17. The van der Waals surface area contributed by atoms with Gasteiger partial charge in [-0.15, -0.1) is 0 Å². The van der Waals surface area contributed by atoms with Gasteiger partial charge in [0.1, 0.15) is 6.04 Å². The van der Waals surface area contributed by atoms with Gasteiger partial charge in [0.05, 0.1) is 0 Å². The van der Waals surface area contributed by atoms with E-state index in [1.807, 2.05) is 18.7 Å². The summed E-state index contributed by atoms with van der Waals surface area (Å²) < 4.78 is 5.27. The van der Waals surface area contributed by atoms with Crippen molar-refractivity contribution in [2.75, 3.05) is 26.3 Å². The molecule has 1 fully saturated rings. The largest absolute Gasteiger partial charge is 0.480 e. The van der Waals surface area contributed by atoms with E-state index in [4.69, 9.17) is 4.74 Å². The molecule has 0 amide bonds. The van der Waals surface area contributed by atoms with Crippen LogP contribution in [0.4, 0.5) is 0 Å². The average molecular weight is 215 g/mol. The molecule has 0 aromatic heterocycles. The maximum atomic E-state index is 11.3. The third-order valence-electron chi connectivity index (χ3n) is 3.17. The number of hydrogen-bond donors (Lipinski definition) is 1. The molecule has 88 valence electrons. The van der Waals surface area contributed by atoms with Crippen LogP contribution in [0.2, 0.25) is 0 Å². The van der Waals surface area contributed by atoms with Crippen LogP contribution in [-0.2, 0) is 9.53 Å². The summed E-state index contributed by atoms with van der Waals surface area (Å²) in [5.74, 6) is -0.443. The van der Waals surface area contributed by atoms with Crippen LogP contribution in [0.3, 0.4) is 0 Å². The monoisotopic (exact) mass is 215 g/mol. The number of ether oxygens (including phenoxy) is 1. The van der Waals surface area contributed by atoms with Gasteiger partial charge < -0.3 is 9.84 Å². The Kier molecular flexibility index (Phi) is 5.05. The van der Waals surface area contributed by atoms with E-state index in [1.165, 1.54) is 0 Å². The van der Waals surface area contributed by atoms with Crippen LogP contribution in [0.25, 0.3) is 0 Å². The van der Waals surface area contributed by atoms with Crippen LogP contribution in [-0.4, -0.2) is 48.3 Å². The van der Waals surface area contributed by atoms with E-state index < -0.39 is 5.97 Å². The average Bonchev–Trinajstić information content (AvgIpc) is 2.26. The van der Waals surface area contributed by atoms with Crippen LogP contribution >= 0.6 is 0 Å². The smallest absolute Gasteiger partial charge is 0.321 e. The minimum absolute atomic E-state index is 0.246. The number of hydrogen-bond acceptors (Lipinski definition) is 3. The number of carboxylic acid groups (broad SMARTS) is 1. The molecule has 1 aliphatic rings. The van der Waals surface area contributed by atoms with Crippen molar-refractivity contribution >= 4 is 5.97 Å². The summed E-state index contributed by atoms with van der Waals surface area (Å²) in [5, 5.41) is 9.28. The number of carbonyl (C=O) groups is 1. The fraction of sp³-hybridized carbons (Fsp3) is 0.909. The van der Waals surface area contributed by atoms with Gasteiger partial charge in [0.25, 0.3) is 0 Å². The summed E-state index contributed by atoms with van der Waals surface area (Å²) in [7, 11) is 0. The third kappa shape index (κ3) is 3.18. The molecule has 4 heteroatoms. The Hall–Kier alpha value is -0.610. The van der Waals surface area contributed by atoms with Crippen molar-refractivity contribution in [1.82, 2.24) is 4.90 Å². The highest BCUT2D eigenvalue weighted by molar-refractivity contribution is 5.73. The maximum absolute atomic E-state index is 11.3. The minimum Gasteiger partial charge on any atom is -0.480 e. The molecule has 0 saturated carbocycles. The SMILES string of the molecule is CCN(CC)C(C(=O)O)C1CCOCC1. The molecule has 15 heavy (non-hydrogen) atoms. The molecule has 0 spiro atoms. The molecular weight excluding hydrogens is 194 g/mol. The van der Waals surface area contributed by atoms with Crippen molar-refractivity contribution in [1.29, 1.82) is 0 Å². The molecular formula is C11H21NO3. The Bertz CT molecular complexity index is 198. The first-order chi connectivity index (χ1) is 7.20. The van der Waals surface area contributed by atoms with E-state index in [1.54, 1.807) is 0 Å². The molecule has 0 aromatic rings. The van der Waals surface area contributed by atoms with Gasteiger partial charge in [0.2, 0.25) is 0 Å². The van der Waals surface area contributed by atoms with E-state index in [-0.39, 0.29) is 12.0 Å². The van der Waals surface area contributed by atoms with Gasteiger partial charge in [-0.3, -0.25) is 9.69 Å². The summed E-state index contributed by atoms with van der Waals surface area (Å²) in [6, 6.07) is -0.330. The van der Waals surface area contributed by atoms with Gasteiger partial charge >= 0.3 is 5.97 Å². The summed E-state index contributed by atoms with van der Waals surface area (Å²) >= 11 is 0. The zero-order valence-corrected chi connectivity index (χ0v) is 9.61. The second-order valence-corrected chi connectivity index (χ2v) is 3.95. The predicted molar refractivity (Wildman–Crippen MR) is 57.9 cm³/mol. The highest BCUT2D eigenvalue weighted by atomic mass is 16.5. The zero-order chi connectivity index (χ0) is 11.3. The topological polar surface area (TPSA) is 49.8 Å². The first kappa shape index (κ1) is 12.5. The van der Waals surface area contributed by atoms with Gasteiger partial charge in [-0.1, -0.05) is 13.8 Å². The van der Waals surface area contributed by atoms with Gasteiger partial charge in [0, 0.05) is 13.2 Å². The summed E-state index contributed by atoms with van der Waals surface area (Å²) in [6.07, 6.45) is 1.74. The molecule has 1 heterocycles. The lowest BCUT2D eigenvalue weighted by Gasteiger charge is -2.34. The van der Waals surface area contributed by atoms with Crippen molar-refractivity contribution in [2.45, 2.75) is 32.7 Å². The Balaban J connectivity index is 2.66. The van der Waals surface area contributed by atoms with Crippen LogP contribution in [0.1, 0.15) is 26.7 Å². The highest BCUT2D eigenvalue weighted by Gasteiger charge is 2.33. The fourth-order valence-electron chi connectivity index (χ4n) is 2.30. The summed E-state index contributed by atoms with van der Waals surface area (Å²) in [6.45, 7) is 7.03. The molecule has 0 bridgehead atoms. The molecule has 1 N–H and O–H groups in total. The fourth-order valence-corrected chi connectivity index (χ4v) is 2.30. The number of nitrogens with zero attached hydrogens (tertiary/aromatic N) is 1. The second kappa shape index (κ2) is 6.08. The van der Waals surface area contributed by atoms with E-state index in [2.05, 4.69) is 0 Å². The first-order valence-electron chi connectivity index (χ1n) is 5.75. The minimum atomic E-state index is -0.689. The molecule has 1 aliphatic heterocycles. The lowest BCUT2D eigenvalue weighted by Crippen LogP contribution is -2.47. The van der Waals surface area contributed by atoms with E-state index in [0.29, 0.717) is 13.2 Å². The Morgan fingerprint density at radius 2 is 1.93 bits per heavy atom. The molecule has 4 nitrogen and oxygen atoms in total. The first-order valence-corrected chi connectivity index (χ1v) is 5.75. The maximum Gasteiger partial charge on any atom is 0.321 e. The quantitative estimate of drug-likeness (QED) is 0.749. The number of rotatable bonds is 5. The Morgan fingerprint density at radius 3 is 2.33 bits per heavy atom. The molecule has 1 saturated heterocycles. The second-order valence-electron chi connectivity index (χ2n) is 3.95. The van der Waals surface area contributed by atoms with Crippen molar-refractivity contribution in [3.63, 3.8) is 0 Å². The van der Waals surface area contributed by atoms with Crippen molar-refractivity contribution in [2.24, 2.45) is 5.92 Å². The molecule has 1 unspecified atom stereocenters. The highest BCUT2D eigenvalue weighted by Crippen LogP contribution is 2.23. The van der Waals surface area contributed by atoms with Gasteiger partial charge in [-0.2, -0.15) is 0 Å². The molecule has 0 aliphatic carbocycles. The Morgan fingerprint density at radius 1 is 1.40 bits per heavy atom. The van der Waals surface area contributed by atoms with Gasteiger partial charge in [0.15, 0.2) is 0 Å². The van der Waals surface area contributed by atoms with Crippen molar-refractivity contribution < 1.29 is 14.6 Å². The number of aliphatic carboxylic acids is 1. The van der Waals surface area contributed by atoms with Crippen LogP contribution in [0.5, 0.6) is 0 Å². The standard InChI is InChI=1S/C11H21NO3/c1-3-12(4-2)10(11(13)14)9-5-7-15-8-6-9/h9-10H,3-8H2,1-2H3,(H,13,14). The molecule has 0 radical (unpaired) electrons. The van der Waals surface area contributed by atoms with E-state index in [9.17, 15) is 9.90 Å². The van der Waals surface area contributed by atoms with Crippen LogP contribution in [0.15, 0.2) is 0 Å². The Labute approximate surface area is 91.2 Å². The van der Waals surface area contributed by atoms with E-state index >= 15 is 0 Å². The predicted octanol–water partition coefficient (Wildman–Crippen LogP) is 1.21. The number of likely N-dealkylation sites (N-methyl/N-ethyl adjacent to an activating group) is 1. The van der Waals surface area contributed by atoms with Crippen molar-refractivity contribution in [3.05, 3.63) is 0 Å². The zero-order valence-electron chi connectivity index (χ0n) is 9.61. The normalized spacial score (nSPS) is 20.5. The van der Waals surface area contributed by atoms with Crippen LogP contribution in [0, 0.1) is 5.92 Å². The number of carboxylic acids is 1. The van der Waals surface area contributed by atoms with Crippen molar-refractivity contribution in [3.8, 4) is 0 Å². The summed E-state index contributed by atoms with van der Waals surface area (Å²) in [4.78, 5) is 13.3. The van der Waals surface area contributed by atoms with Gasteiger partial charge in [-0.05, 0) is 31.8 Å². The lowest BCUT2D eigenvalue weighted by molar-refractivity contribution is -0.147. The lowest BCUT2D eigenvalue weighted by atomic mass is 9.90. The summed E-state index contributed by atoms with van der Waals surface area (Å²) in [5.41, 5.74) is 0. The molecule has 1 rings (SSSR count). The van der Waals surface area contributed by atoms with Crippen LogP contribution < -0.4 is 0 Å². The molecule has 1 atom stereocenters. The molecule has 0 aromatic carbocycles.